The third-order valence-electron chi connectivity index (χ3n) is 6.07. The monoisotopic (exact) mass is 548 g/mol. The van der Waals surface area contributed by atoms with Gasteiger partial charge in [0, 0.05) is 26.1 Å². The minimum atomic E-state index is -0.188. The first-order valence-corrected chi connectivity index (χ1v) is 14.2. The number of hydrogen-bond donors (Lipinski definition) is 0. The number of benzene rings is 1. The van der Waals surface area contributed by atoms with Crippen molar-refractivity contribution in [3.05, 3.63) is 28.7 Å². The van der Waals surface area contributed by atoms with E-state index >= 15 is 0 Å². The van der Waals surface area contributed by atoms with Crippen molar-refractivity contribution in [2.75, 3.05) is 39.5 Å². The van der Waals surface area contributed by atoms with Gasteiger partial charge in [-0.2, -0.15) is 0 Å². The Bertz CT molecular complexity index is 1010. The summed E-state index contributed by atoms with van der Waals surface area (Å²) in [6, 6.07) is 5.42. The summed E-state index contributed by atoms with van der Waals surface area (Å²) in [5.74, 6) is 0.702. The number of hydrogen-bond acceptors (Lipinski definition) is 8. The number of ether oxygens (including phenoxy) is 3. The zero-order valence-electron chi connectivity index (χ0n) is 21.7. The predicted molar refractivity (Wildman–Crippen MR) is 149 cm³/mol. The molecule has 0 aromatic heterocycles. The lowest BCUT2D eigenvalue weighted by Gasteiger charge is -2.26. The highest BCUT2D eigenvalue weighted by Crippen LogP contribution is 2.35. The van der Waals surface area contributed by atoms with E-state index < -0.39 is 0 Å². The third kappa shape index (κ3) is 8.74. The first-order chi connectivity index (χ1) is 17.9. The van der Waals surface area contributed by atoms with Crippen molar-refractivity contribution in [2.45, 2.75) is 58.8 Å². The lowest BCUT2D eigenvalue weighted by Crippen LogP contribution is -2.38. The van der Waals surface area contributed by atoms with E-state index in [1.54, 1.807) is 24.0 Å². The number of rotatable bonds is 13. The summed E-state index contributed by atoms with van der Waals surface area (Å²) in [5.41, 5.74) is 0.785. The van der Waals surface area contributed by atoms with Gasteiger partial charge < -0.3 is 19.1 Å². The molecule has 37 heavy (non-hydrogen) atoms. The Hall–Kier alpha value is -2.59. The molecule has 1 aromatic carbocycles. The molecule has 8 nitrogen and oxygen atoms in total. The third-order valence-corrected chi connectivity index (χ3v) is 7.44. The molecule has 2 aliphatic rings. The summed E-state index contributed by atoms with van der Waals surface area (Å²) in [6.07, 6.45) is 7.72. The SMILES string of the molecule is CCOC(=O)CCCCCN1C(=O)/C(=C\c2ccc(OCC(=O)N3CCCCC3)c(OCC)c2)SC1=S. The number of thioether (sulfide) groups is 1. The Morgan fingerprint density at radius 2 is 1.81 bits per heavy atom. The van der Waals surface area contributed by atoms with Crippen LogP contribution in [0.1, 0.15) is 64.4 Å². The molecule has 2 aliphatic heterocycles. The second-order valence-electron chi connectivity index (χ2n) is 8.82. The van der Waals surface area contributed by atoms with Crippen LogP contribution >= 0.6 is 24.0 Å². The van der Waals surface area contributed by atoms with Gasteiger partial charge >= 0.3 is 5.97 Å². The molecule has 1 aromatic rings. The van der Waals surface area contributed by atoms with E-state index in [1.807, 2.05) is 24.0 Å². The van der Waals surface area contributed by atoms with Crippen LogP contribution in [0.15, 0.2) is 23.1 Å². The normalized spacial score (nSPS) is 16.9. The molecule has 0 radical (unpaired) electrons. The number of piperidine rings is 1. The molecule has 0 spiro atoms. The van der Waals surface area contributed by atoms with Crippen LogP contribution in [-0.2, 0) is 19.1 Å². The zero-order valence-corrected chi connectivity index (χ0v) is 23.3. The minimum Gasteiger partial charge on any atom is -0.490 e. The van der Waals surface area contributed by atoms with Crippen LogP contribution in [-0.4, -0.2) is 71.4 Å². The lowest BCUT2D eigenvalue weighted by atomic mass is 10.1. The predicted octanol–water partition coefficient (Wildman–Crippen LogP) is 4.80. The van der Waals surface area contributed by atoms with Gasteiger partial charge in [-0.15, -0.1) is 0 Å². The number of nitrogens with zero attached hydrogens (tertiary/aromatic N) is 2. The van der Waals surface area contributed by atoms with Gasteiger partial charge in [0.15, 0.2) is 18.1 Å². The summed E-state index contributed by atoms with van der Waals surface area (Å²) in [5, 5.41) is 0. The number of carbonyl (C=O) groups is 3. The fraction of sp³-hybridized carbons (Fsp3) is 0.556. The molecule has 2 fully saturated rings. The molecule has 0 saturated carbocycles. The van der Waals surface area contributed by atoms with E-state index in [0.29, 0.717) is 46.9 Å². The average molecular weight is 549 g/mol. The number of unbranched alkanes of at least 4 members (excludes halogenated alkanes) is 2. The summed E-state index contributed by atoms with van der Waals surface area (Å²) in [4.78, 5) is 40.9. The maximum atomic E-state index is 13.0. The molecule has 0 bridgehead atoms. The molecule has 3 rings (SSSR count). The first kappa shape index (κ1) is 29.0. The van der Waals surface area contributed by atoms with Crippen LogP contribution < -0.4 is 9.47 Å². The molecule has 0 aliphatic carbocycles. The topological polar surface area (TPSA) is 85.4 Å². The Balaban J connectivity index is 1.57. The second-order valence-corrected chi connectivity index (χ2v) is 10.5. The summed E-state index contributed by atoms with van der Waals surface area (Å²) < 4.78 is 17.0. The molecule has 2 heterocycles. The molecule has 2 amide bonds. The Morgan fingerprint density at radius 3 is 2.54 bits per heavy atom. The van der Waals surface area contributed by atoms with Gasteiger partial charge in [0.2, 0.25) is 0 Å². The fourth-order valence-corrected chi connectivity index (χ4v) is 5.48. The molecule has 10 heteroatoms. The molecule has 2 saturated heterocycles. The standard InChI is InChI=1S/C27H36N2O6S2/c1-3-33-22-17-20(12-13-21(22)35-19-24(30)28-14-8-6-9-15-28)18-23-26(32)29(27(36)37-23)16-10-5-7-11-25(31)34-4-2/h12-13,17-18H,3-11,14-16,19H2,1-2H3/b23-18+. The first-order valence-electron chi connectivity index (χ1n) is 13.0. The van der Waals surface area contributed by atoms with Crippen molar-refractivity contribution in [3.8, 4) is 11.5 Å². The van der Waals surface area contributed by atoms with Crippen molar-refractivity contribution in [1.29, 1.82) is 0 Å². The van der Waals surface area contributed by atoms with E-state index in [1.165, 1.54) is 11.8 Å². The molecular weight excluding hydrogens is 512 g/mol. The van der Waals surface area contributed by atoms with Crippen LogP contribution in [0.25, 0.3) is 6.08 Å². The van der Waals surface area contributed by atoms with Crippen molar-refractivity contribution in [3.63, 3.8) is 0 Å². The smallest absolute Gasteiger partial charge is 0.305 e. The van der Waals surface area contributed by atoms with Crippen LogP contribution in [0.5, 0.6) is 11.5 Å². The summed E-state index contributed by atoms with van der Waals surface area (Å²) in [7, 11) is 0. The van der Waals surface area contributed by atoms with Crippen molar-refractivity contribution in [2.24, 2.45) is 0 Å². The number of amides is 2. The zero-order chi connectivity index (χ0) is 26.6. The van der Waals surface area contributed by atoms with Crippen molar-refractivity contribution < 1.29 is 28.6 Å². The molecular formula is C27H36N2O6S2. The van der Waals surface area contributed by atoms with Crippen molar-refractivity contribution >= 4 is 52.2 Å². The number of thiocarbonyl (C=S) groups is 1. The quantitative estimate of drug-likeness (QED) is 0.150. The maximum Gasteiger partial charge on any atom is 0.305 e. The summed E-state index contributed by atoms with van der Waals surface area (Å²) >= 11 is 6.72. The lowest BCUT2D eigenvalue weighted by molar-refractivity contribution is -0.143. The van der Waals surface area contributed by atoms with E-state index in [9.17, 15) is 14.4 Å². The van der Waals surface area contributed by atoms with Gasteiger partial charge in [-0.05, 0) is 69.7 Å². The number of esters is 1. The highest BCUT2D eigenvalue weighted by molar-refractivity contribution is 8.26. The molecule has 0 N–H and O–H groups in total. The molecule has 0 unspecified atom stereocenters. The van der Waals surface area contributed by atoms with Gasteiger partial charge in [-0.25, -0.2) is 0 Å². The Morgan fingerprint density at radius 1 is 1.03 bits per heavy atom. The van der Waals surface area contributed by atoms with Crippen LogP contribution in [0.4, 0.5) is 0 Å². The second kappa shape index (κ2) is 15.0. The molecule has 202 valence electrons. The van der Waals surface area contributed by atoms with E-state index in [-0.39, 0.29) is 24.4 Å². The van der Waals surface area contributed by atoms with Crippen molar-refractivity contribution in [1.82, 2.24) is 9.80 Å². The van der Waals surface area contributed by atoms with E-state index in [0.717, 1.165) is 57.2 Å². The van der Waals surface area contributed by atoms with Crippen LogP contribution in [0.2, 0.25) is 0 Å². The average Bonchev–Trinajstić information content (AvgIpc) is 3.16. The summed E-state index contributed by atoms with van der Waals surface area (Å²) in [6.45, 7) is 6.56. The largest absolute Gasteiger partial charge is 0.490 e. The van der Waals surface area contributed by atoms with Gasteiger partial charge in [0.05, 0.1) is 18.1 Å². The van der Waals surface area contributed by atoms with Crippen LogP contribution in [0, 0.1) is 0 Å². The van der Waals surface area contributed by atoms with E-state index in [2.05, 4.69) is 0 Å². The van der Waals surface area contributed by atoms with Crippen LogP contribution in [0.3, 0.4) is 0 Å². The van der Waals surface area contributed by atoms with Gasteiger partial charge in [-0.3, -0.25) is 19.3 Å². The van der Waals surface area contributed by atoms with E-state index in [4.69, 9.17) is 26.4 Å². The van der Waals surface area contributed by atoms with Gasteiger partial charge in [0.25, 0.3) is 11.8 Å². The Kier molecular flexibility index (Phi) is 11.7. The Labute approximate surface area is 228 Å². The number of carbonyl (C=O) groups excluding carboxylic acids is 3. The highest BCUT2D eigenvalue weighted by atomic mass is 32.2. The van der Waals surface area contributed by atoms with Gasteiger partial charge in [-0.1, -0.05) is 36.5 Å². The maximum absolute atomic E-state index is 13.0. The highest BCUT2D eigenvalue weighted by Gasteiger charge is 2.31. The number of likely N-dealkylation sites (tertiary alicyclic amines) is 1. The van der Waals surface area contributed by atoms with Gasteiger partial charge in [0.1, 0.15) is 4.32 Å². The minimum absolute atomic E-state index is 0.0178. The fourth-order valence-electron chi connectivity index (χ4n) is 4.17. The molecule has 0 atom stereocenters.